The average molecular weight is 250 g/mol. The van der Waals surface area contributed by atoms with Crippen molar-refractivity contribution in [1.82, 2.24) is 4.98 Å². The number of ether oxygens (including phenoxy) is 1. The molecule has 3 nitrogen and oxygen atoms in total. The van der Waals surface area contributed by atoms with Gasteiger partial charge in [-0.1, -0.05) is 39.7 Å². The third-order valence-corrected chi connectivity index (χ3v) is 3.51. The van der Waals surface area contributed by atoms with Crippen molar-refractivity contribution >= 4 is 0 Å². The molecule has 2 N–H and O–H groups in total. The molecule has 2 unspecified atom stereocenters. The molecule has 0 spiro atoms. The van der Waals surface area contributed by atoms with Crippen molar-refractivity contribution in [2.24, 2.45) is 11.7 Å². The van der Waals surface area contributed by atoms with E-state index in [2.05, 4.69) is 25.8 Å². The summed E-state index contributed by atoms with van der Waals surface area (Å²) in [5.74, 6) is 0.611. The van der Waals surface area contributed by atoms with Crippen molar-refractivity contribution in [3.8, 4) is 0 Å². The molecular formula is C15H26N2O. The van der Waals surface area contributed by atoms with E-state index < -0.39 is 0 Å². The van der Waals surface area contributed by atoms with Crippen LogP contribution in [0.3, 0.4) is 0 Å². The van der Waals surface area contributed by atoms with Crippen molar-refractivity contribution in [3.05, 3.63) is 30.1 Å². The van der Waals surface area contributed by atoms with Gasteiger partial charge >= 0.3 is 0 Å². The van der Waals surface area contributed by atoms with E-state index in [-0.39, 0.29) is 12.1 Å². The van der Waals surface area contributed by atoms with Crippen LogP contribution in [0, 0.1) is 5.92 Å². The number of pyridine rings is 1. The lowest BCUT2D eigenvalue weighted by Gasteiger charge is -2.25. The number of aromatic nitrogens is 1. The summed E-state index contributed by atoms with van der Waals surface area (Å²) in [6.45, 7) is 7.25. The second-order valence-electron chi connectivity index (χ2n) is 4.76. The van der Waals surface area contributed by atoms with Crippen molar-refractivity contribution in [3.63, 3.8) is 0 Å². The summed E-state index contributed by atoms with van der Waals surface area (Å²) in [6, 6.07) is 5.90. The average Bonchev–Trinajstić information content (AvgIpc) is 2.44. The zero-order valence-corrected chi connectivity index (χ0v) is 11.8. The first-order valence-corrected chi connectivity index (χ1v) is 7.00. The molecule has 0 saturated carbocycles. The smallest absolute Gasteiger partial charge is 0.114 e. The van der Waals surface area contributed by atoms with E-state index in [0.717, 1.165) is 31.6 Å². The van der Waals surface area contributed by atoms with Crippen molar-refractivity contribution < 1.29 is 4.74 Å². The molecular weight excluding hydrogens is 224 g/mol. The zero-order valence-electron chi connectivity index (χ0n) is 11.8. The number of hydrogen-bond acceptors (Lipinski definition) is 3. The second-order valence-corrected chi connectivity index (χ2v) is 4.76. The Morgan fingerprint density at radius 3 is 2.39 bits per heavy atom. The van der Waals surface area contributed by atoms with Crippen molar-refractivity contribution in [1.29, 1.82) is 0 Å². The maximum Gasteiger partial charge on any atom is 0.114 e. The molecule has 0 radical (unpaired) electrons. The lowest BCUT2D eigenvalue weighted by molar-refractivity contribution is 0.00755. The van der Waals surface area contributed by atoms with Gasteiger partial charge in [0.15, 0.2) is 0 Å². The van der Waals surface area contributed by atoms with E-state index in [1.807, 2.05) is 18.2 Å². The number of nitrogens with zero attached hydrogens (tertiary/aromatic N) is 1. The van der Waals surface area contributed by atoms with Gasteiger partial charge in [0.2, 0.25) is 0 Å². The maximum atomic E-state index is 6.15. The largest absolute Gasteiger partial charge is 0.370 e. The molecule has 1 heterocycles. The SMILES string of the molecule is CCC(CC)COC(c1ccccn1)C(N)CC. The fourth-order valence-electron chi connectivity index (χ4n) is 1.95. The van der Waals surface area contributed by atoms with Gasteiger partial charge in [-0.3, -0.25) is 4.98 Å². The lowest BCUT2D eigenvalue weighted by Crippen LogP contribution is -2.31. The molecule has 3 heteroatoms. The first-order valence-electron chi connectivity index (χ1n) is 7.00. The van der Waals surface area contributed by atoms with Gasteiger partial charge in [0.05, 0.1) is 12.3 Å². The van der Waals surface area contributed by atoms with E-state index in [0.29, 0.717) is 5.92 Å². The third kappa shape index (κ3) is 4.39. The Bertz CT molecular complexity index is 312. The monoisotopic (exact) mass is 250 g/mol. The van der Waals surface area contributed by atoms with E-state index >= 15 is 0 Å². The Hall–Kier alpha value is -0.930. The molecule has 1 rings (SSSR count). The number of nitrogens with two attached hydrogens (primary N) is 1. The van der Waals surface area contributed by atoms with Gasteiger partial charge in [-0.15, -0.1) is 0 Å². The highest BCUT2D eigenvalue weighted by molar-refractivity contribution is 5.09. The van der Waals surface area contributed by atoms with Gasteiger partial charge < -0.3 is 10.5 Å². The van der Waals surface area contributed by atoms with Crippen LogP contribution in [0.25, 0.3) is 0 Å². The quantitative estimate of drug-likeness (QED) is 0.770. The van der Waals surface area contributed by atoms with Crippen molar-refractivity contribution in [2.45, 2.75) is 52.2 Å². The summed E-state index contributed by atoms with van der Waals surface area (Å²) in [4.78, 5) is 4.37. The molecule has 18 heavy (non-hydrogen) atoms. The summed E-state index contributed by atoms with van der Waals surface area (Å²) in [6.07, 6.45) is 4.89. The predicted molar refractivity (Wildman–Crippen MR) is 75.3 cm³/mol. The van der Waals surface area contributed by atoms with E-state index in [1.165, 1.54) is 0 Å². The van der Waals surface area contributed by atoms with E-state index in [1.54, 1.807) is 6.20 Å². The Kier molecular flexibility index (Phi) is 6.91. The van der Waals surface area contributed by atoms with Gasteiger partial charge in [-0.2, -0.15) is 0 Å². The molecule has 0 aliphatic rings. The molecule has 0 bridgehead atoms. The summed E-state index contributed by atoms with van der Waals surface area (Å²) in [5.41, 5.74) is 7.10. The van der Waals surface area contributed by atoms with Gasteiger partial charge in [-0.25, -0.2) is 0 Å². The molecule has 0 amide bonds. The van der Waals surface area contributed by atoms with Crippen LogP contribution in [-0.4, -0.2) is 17.6 Å². The van der Waals surface area contributed by atoms with Crippen LogP contribution in [0.5, 0.6) is 0 Å². The van der Waals surface area contributed by atoms with Crippen LogP contribution in [0.4, 0.5) is 0 Å². The minimum atomic E-state index is -0.0863. The minimum Gasteiger partial charge on any atom is -0.370 e. The highest BCUT2D eigenvalue weighted by Crippen LogP contribution is 2.22. The third-order valence-electron chi connectivity index (χ3n) is 3.51. The molecule has 0 saturated heterocycles. The van der Waals surface area contributed by atoms with Gasteiger partial charge in [0, 0.05) is 12.2 Å². The molecule has 0 aromatic carbocycles. The first kappa shape index (κ1) is 15.1. The van der Waals surface area contributed by atoms with Crippen LogP contribution < -0.4 is 5.73 Å². The zero-order chi connectivity index (χ0) is 13.4. The molecule has 0 fully saturated rings. The van der Waals surface area contributed by atoms with Crippen LogP contribution >= 0.6 is 0 Å². The van der Waals surface area contributed by atoms with Crippen LogP contribution in [0.15, 0.2) is 24.4 Å². The summed E-state index contributed by atoms with van der Waals surface area (Å²) < 4.78 is 6.04. The fraction of sp³-hybridized carbons (Fsp3) is 0.667. The number of hydrogen-bond donors (Lipinski definition) is 1. The highest BCUT2D eigenvalue weighted by atomic mass is 16.5. The number of rotatable bonds is 8. The Balaban J connectivity index is 2.68. The fourth-order valence-corrected chi connectivity index (χ4v) is 1.95. The van der Waals surface area contributed by atoms with E-state index in [4.69, 9.17) is 10.5 Å². The first-order chi connectivity index (χ1) is 8.72. The summed E-state index contributed by atoms with van der Waals surface area (Å²) in [5, 5.41) is 0. The Labute approximate surface area is 111 Å². The summed E-state index contributed by atoms with van der Waals surface area (Å²) in [7, 11) is 0. The topological polar surface area (TPSA) is 48.1 Å². The van der Waals surface area contributed by atoms with Crippen LogP contribution in [0.2, 0.25) is 0 Å². The van der Waals surface area contributed by atoms with E-state index in [9.17, 15) is 0 Å². The molecule has 1 aromatic rings. The Morgan fingerprint density at radius 2 is 1.89 bits per heavy atom. The minimum absolute atomic E-state index is 0.00858. The van der Waals surface area contributed by atoms with Gasteiger partial charge in [0.1, 0.15) is 6.10 Å². The standard InChI is InChI=1S/C15H26N2O/c1-4-12(5-2)11-18-15(13(16)6-3)14-9-7-8-10-17-14/h7-10,12-13,15H,4-6,11,16H2,1-3H3. The Morgan fingerprint density at radius 1 is 1.17 bits per heavy atom. The normalized spacial score (nSPS) is 14.7. The van der Waals surface area contributed by atoms with Gasteiger partial charge in [-0.05, 0) is 24.5 Å². The molecule has 102 valence electrons. The molecule has 0 aliphatic heterocycles. The maximum absolute atomic E-state index is 6.15. The van der Waals surface area contributed by atoms with Crippen molar-refractivity contribution in [2.75, 3.05) is 6.61 Å². The highest BCUT2D eigenvalue weighted by Gasteiger charge is 2.21. The molecule has 1 aromatic heterocycles. The molecule has 0 aliphatic carbocycles. The van der Waals surface area contributed by atoms with Crippen LogP contribution in [-0.2, 0) is 4.74 Å². The predicted octanol–water partition coefficient (Wildman–Crippen LogP) is 3.31. The summed E-state index contributed by atoms with van der Waals surface area (Å²) >= 11 is 0. The lowest BCUT2D eigenvalue weighted by atomic mass is 10.0. The molecule has 2 atom stereocenters. The van der Waals surface area contributed by atoms with Gasteiger partial charge in [0.25, 0.3) is 0 Å². The second kappa shape index (κ2) is 8.22. The van der Waals surface area contributed by atoms with Crippen LogP contribution in [0.1, 0.15) is 51.8 Å².